The minimum atomic E-state index is -0.403. The van der Waals surface area contributed by atoms with Gasteiger partial charge in [0.05, 0.1) is 10.9 Å². The Hall–Kier alpha value is -2.21. The van der Waals surface area contributed by atoms with Crippen LogP contribution < -0.4 is 4.74 Å². The van der Waals surface area contributed by atoms with E-state index in [1.807, 2.05) is 45.8 Å². The minimum Gasteiger partial charge on any atom is -0.471 e. The van der Waals surface area contributed by atoms with Crippen molar-refractivity contribution in [1.29, 1.82) is 0 Å². The van der Waals surface area contributed by atoms with Gasteiger partial charge in [0.25, 0.3) is 0 Å². The SMILES string of the molecule is CN(C)CC=CC(=O)c1c[nH]c2ncnc(OC(C)(C)C)c12. The average Bonchev–Trinajstić information content (AvgIpc) is 2.81. The maximum atomic E-state index is 12.4. The van der Waals surface area contributed by atoms with Gasteiger partial charge in [-0.05, 0) is 40.9 Å². The Morgan fingerprint density at radius 1 is 1.36 bits per heavy atom. The summed E-state index contributed by atoms with van der Waals surface area (Å²) in [6.45, 7) is 6.51. The summed E-state index contributed by atoms with van der Waals surface area (Å²) in [6, 6.07) is 0. The van der Waals surface area contributed by atoms with Gasteiger partial charge in [-0.2, -0.15) is 0 Å². The summed E-state index contributed by atoms with van der Waals surface area (Å²) in [4.78, 5) is 25.7. The van der Waals surface area contributed by atoms with Gasteiger partial charge in [-0.15, -0.1) is 0 Å². The van der Waals surface area contributed by atoms with E-state index in [1.165, 1.54) is 6.33 Å². The first-order chi connectivity index (χ1) is 10.3. The summed E-state index contributed by atoms with van der Waals surface area (Å²) in [6.07, 6.45) is 6.47. The molecule has 0 aliphatic carbocycles. The molecule has 0 radical (unpaired) electrons. The highest BCUT2D eigenvalue weighted by atomic mass is 16.5. The van der Waals surface area contributed by atoms with Crippen molar-refractivity contribution in [2.75, 3.05) is 20.6 Å². The summed E-state index contributed by atoms with van der Waals surface area (Å²) in [5.41, 5.74) is 0.711. The van der Waals surface area contributed by atoms with Crippen molar-refractivity contribution in [3.8, 4) is 5.88 Å². The van der Waals surface area contributed by atoms with E-state index in [2.05, 4.69) is 15.0 Å². The summed E-state index contributed by atoms with van der Waals surface area (Å²) < 4.78 is 5.85. The van der Waals surface area contributed by atoms with Gasteiger partial charge in [-0.3, -0.25) is 4.79 Å². The lowest BCUT2D eigenvalue weighted by atomic mass is 10.1. The standard InChI is InChI=1S/C16H22N4O2/c1-16(2,3)22-15-13-11(9-17-14(13)18-10-19-15)12(21)7-6-8-20(4)5/h6-7,9-10H,8H2,1-5H3,(H,17,18,19). The number of ketones is 1. The number of carbonyl (C=O) groups is 1. The van der Waals surface area contributed by atoms with Gasteiger partial charge in [0, 0.05) is 12.7 Å². The van der Waals surface area contributed by atoms with Gasteiger partial charge in [0.1, 0.15) is 17.6 Å². The van der Waals surface area contributed by atoms with Crippen LogP contribution in [0, 0.1) is 0 Å². The number of nitrogens with one attached hydrogen (secondary N) is 1. The fraction of sp³-hybridized carbons (Fsp3) is 0.438. The van der Waals surface area contributed by atoms with E-state index >= 15 is 0 Å². The third-order valence-corrected chi connectivity index (χ3v) is 2.84. The van der Waals surface area contributed by atoms with Crippen LogP contribution >= 0.6 is 0 Å². The number of carbonyl (C=O) groups excluding carboxylic acids is 1. The molecule has 0 spiro atoms. The lowest BCUT2D eigenvalue weighted by Gasteiger charge is -2.20. The van der Waals surface area contributed by atoms with Crippen LogP contribution in [0.25, 0.3) is 11.0 Å². The molecule has 0 saturated carbocycles. The largest absolute Gasteiger partial charge is 0.471 e. The number of nitrogens with zero attached hydrogens (tertiary/aromatic N) is 3. The van der Waals surface area contributed by atoms with Crippen LogP contribution in [0.15, 0.2) is 24.7 Å². The molecular weight excluding hydrogens is 280 g/mol. The van der Waals surface area contributed by atoms with E-state index < -0.39 is 5.60 Å². The zero-order valence-corrected chi connectivity index (χ0v) is 13.7. The van der Waals surface area contributed by atoms with Crippen LogP contribution in [0.4, 0.5) is 0 Å². The molecule has 0 bridgehead atoms. The number of fused-ring (bicyclic) bond motifs is 1. The molecule has 2 aromatic rings. The predicted molar refractivity (Wildman–Crippen MR) is 86.3 cm³/mol. The first-order valence-corrected chi connectivity index (χ1v) is 7.14. The summed E-state index contributed by atoms with van der Waals surface area (Å²) in [5, 5.41) is 0.622. The third-order valence-electron chi connectivity index (χ3n) is 2.84. The monoisotopic (exact) mass is 302 g/mol. The molecular formula is C16H22N4O2. The van der Waals surface area contributed by atoms with Crippen LogP contribution in [0.5, 0.6) is 5.88 Å². The summed E-state index contributed by atoms with van der Waals surface area (Å²) in [5.74, 6) is 0.324. The van der Waals surface area contributed by atoms with E-state index in [1.54, 1.807) is 12.3 Å². The first kappa shape index (κ1) is 16.2. The smallest absolute Gasteiger partial charge is 0.227 e. The van der Waals surface area contributed by atoms with E-state index in [-0.39, 0.29) is 5.78 Å². The fourth-order valence-corrected chi connectivity index (χ4v) is 1.96. The number of hydrogen-bond acceptors (Lipinski definition) is 5. The van der Waals surface area contributed by atoms with Gasteiger partial charge in [-0.25, -0.2) is 9.97 Å². The topological polar surface area (TPSA) is 71.1 Å². The molecule has 6 nitrogen and oxygen atoms in total. The molecule has 6 heteroatoms. The average molecular weight is 302 g/mol. The Labute approximate surface area is 130 Å². The number of hydrogen-bond donors (Lipinski definition) is 1. The van der Waals surface area contributed by atoms with Crippen LogP contribution in [-0.4, -0.2) is 51.9 Å². The van der Waals surface area contributed by atoms with Gasteiger partial charge < -0.3 is 14.6 Å². The van der Waals surface area contributed by atoms with Crippen LogP contribution in [-0.2, 0) is 0 Å². The van der Waals surface area contributed by atoms with Crippen LogP contribution in [0.2, 0.25) is 0 Å². The molecule has 118 valence electrons. The normalized spacial score (nSPS) is 12.5. The number of H-pyrrole nitrogens is 1. The minimum absolute atomic E-state index is 0.0957. The molecule has 0 saturated heterocycles. The molecule has 0 aromatic carbocycles. The van der Waals surface area contributed by atoms with Crippen molar-refractivity contribution in [3.05, 3.63) is 30.2 Å². The van der Waals surface area contributed by atoms with Crippen molar-refractivity contribution in [2.24, 2.45) is 0 Å². The quantitative estimate of drug-likeness (QED) is 0.678. The molecule has 22 heavy (non-hydrogen) atoms. The number of ether oxygens (including phenoxy) is 1. The molecule has 0 aliphatic rings. The number of aromatic amines is 1. The van der Waals surface area contributed by atoms with Crippen molar-refractivity contribution in [2.45, 2.75) is 26.4 Å². The third kappa shape index (κ3) is 3.92. The summed E-state index contributed by atoms with van der Waals surface area (Å²) >= 11 is 0. The number of likely N-dealkylation sites (N-methyl/N-ethyl adjacent to an activating group) is 1. The number of aromatic nitrogens is 3. The second-order valence-corrected chi connectivity index (χ2v) is 6.35. The predicted octanol–water partition coefficient (Wildman–Crippen LogP) is 2.44. The van der Waals surface area contributed by atoms with Crippen molar-refractivity contribution < 1.29 is 9.53 Å². The van der Waals surface area contributed by atoms with E-state index in [0.29, 0.717) is 29.0 Å². The van der Waals surface area contributed by atoms with E-state index in [0.717, 1.165) is 0 Å². The van der Waals surface area contributed by atoms with Crippen LogP contribution in [0.3, 0.4) is 0 Å². The molecule has 2 heterocycles. The van der Waals surface area contributed by atoms with Gasteiger partial charge in [-0.1, -0.05) is 6.08 Å². The molecule has 0 atom stereocenters. The Kier molecular flexibility index (Phi) is 4.61. The molecule has 2 aromatic heterocycles. The fourth-order valence-electron chi connectivity index (χ4n) is 1.96. The highest BCUT2D eigenvalue weighted by Gasteiger charge is 2.20. The molecule has 0 fully saturated rings. The second kappa shape index (κ2) is 6.27. The molecule has 1 N–H and O–H groups in total. The van der Waals surface area contributed by atoms with Gasteiger partial charge >= 0.3 is 0 Å². The van der Waals surface area contributed by atoms with Crippen LogP contribution in [0.1, 0.15) is 31.1 Å². The maximum Gasteiger partial charge on any atom is 0.227 e. The highest BCUT2D eigenvalue weighted by Crippen LogP contribution is 2.28. The molecule has 0 unspecified atom stereocenters. The molecule has 2 rings (SSSR count). The highest BCUT2D eigenvalue weighted by molar-refractivity contribution is 6.13. The Morgan fingerprint density at radius 3 is 2.73 bits per heavy atom. The lowest BCUT2D eigenvalue weighted by Crippen LogP contribution is -2.23. The zero-order chi connectivity index (χ0) is 16.3. The second-order valence-electron chi connectivity index (χ2n) is 6.35. The number of rotatable bonds is 5. The molecule has 0 amide bonds. The van der Waals surface area contributed by atoms with Gasteiger partial charge in [0.2, 0.25) is 5.88 Å². The van der Waals surface area contributed by atoms with E-state index in [4.69, 9.17) is 4.74 Å². The zero-order valence-electron chi connectivity index (χ0n) is 13.7. The van der Waals surface area contributed by atoms with Crippen molar-refractivity contribution in [3.63, 3.8) is 0 Å². The Balaban J connectivity index is 2.38. The first-order valence-electron chi connectivity index (χ1n) is 7.14. The molecule has 0 aliphatic heterocycles. The van der Waals surface area contributed by atoms with Crippen molar-refractivity contribution >= 4 is 16.8 Å². The van der Waals surface area contributed by atoms with Gasteiger partial charge in [0.15, 0.2) is 5.78 Å². The Bertz CT molecular complexity index is 696. The summed E-state index contributed by atoms with van der Waals surface area (Å²) in [7, 11) is 3.90. The van der Waals surface area contributed by atoms with Crippen molar-refractivity contribution in [1.82, 2.24) is 19.9 Å². The maximum absolute atomic E-state index is 12.4. The lowest BCUT2D eigenvalue weighted by molar-refractivity contribution is 0.104. The van der Waals surface area contributed by atoms with E-state index in [9.17, 15) is 4.79 Å². The number of allylic oxidation sites excluding steroid dienone is 1. The Morgan fingerprint density at radius 2 is 2.09 bits per heavy atom.